The van der Waals surface area contributed by atoms with Crippen LogP contribution in [0.5, 0.6) is 0 Å². The number of hydrogen-bond donors (Lipinski definition) is 2. The van der Waals surface area contributed by atoms with Crippen LogP contribution in [-0.2, 0) is 22.4 Å². The summed E-state index contributed by atoms with van der Waals surface area (Å²) in [5.74, 6) is 0.0349. The van der Waals surface area contributed by atoms with Gasteiger partial charge in [0.1, 0.15) is 5.54 Å². The smallest absolute Gasteiger partial charge is 0.241 e. The summed E-state index contributed by atoms with van der Waals surface area (Å²) < 4.78 is 0. The minimum atomic E-state index is -0.875. The Kier molecular flexibility index (Phi) is 4.10. The lowest BCUT2D eigenvalue weighted by atomic mass is 9.95. The molecule has 1 aromatic carbocycles. The molecule has 1 unspecified atom stereocenters. The van der Waals surface area contributed by atoms with Crippen LogP contribution in [0.25, 0.3) is 0 Å². The number of carbonyl (C=O) groups excluding carboxylic acids is 2. The maximum absolute atomic E-state index is 12.6. The first kappa shape index (κ1) is 16.3. The molecular formula is C17H22ClN3O2. The van der Waals surface area contributed by atoms with E-state index in [-0.39, 0.29) is 30.3 Å². The van der Waals surface area contributed by atoms with Gasteiger partial charge in [0, 0.05) is 19.0 Å². The van der Waals surface area contributed by atoms with Crippen LogP contribution in [0.1, 0.15) is 30.4 Å². The zero-order chi connectivity index (χ0) is 15.3. The van der Waals surface area contributed by atoms with Gasteiger partial charge in [-0.15, -0.1) is 12.4 Å². The van der Waals surface area contributed by atoms with E-state index in [9.17, 15) is 9.59 Å². The van der Waals surface area contributed by atoms with Gasteiger partial charge < -0.3 is 16.0 Å². The quantitative estimate of drug-likeness (QED) is 0.857. The Hall–Kier alpha value is -1.59. The van der Waals surface area contributed by atoms with Crippen LogP contribution in [0.4, 0.5) is 0 Å². The highest BCUT2D eigenvalue weighted by Crippen LogP contribution is 2.32. The fourth-order valence-corrected chi connectivity index (χ4v) is 3.70. The molecule has 5 nitrogen and oxygen atoms in total. The molecule has 1 heterocycles. The molecule has 0 aromatic heterocycles. The van der Waals surface area contributed by atoms with Crippen LogP contribution in [0.2, 0.25) is 0 Å². The second kappa shape index (κ2) is 5.80. The van der Waals surface area contributed by atoms with Crippen molar-refractivity contribution in [3.63, 3.8) is 0 Å². The Morgan fingerprint density at radius 3 is 2.39 bits per heavy atom. The van der Waals surface area contributed by atoms with Crippen LogP contribution >= 0.6 is 12.4 Å². The van der Waals surface area contributed by atoms with E-state index < -0.39 is 5.54 Å². The first-order valence-corrected chi connectivity index (χ1v) is 8.01. The number of carbonyl (C=O) groups is 2. The van der Waals surface area contributed by atoms with E-state index in [0.717, 1.165) is 24.0 Å². The fraction of sp³-hybridized carbons (Fsp3) is 0.529. The van der Waals surface area contributed by atoms with Gasteiger partial charge in [0.25, 0.3) is 0 Å². The van der Waals surface area contributed by atoms with Gasteiger partial charge in [0.2, 0.25) is 11.8 Å². The highest BCUT2D eigenvalue weighted by molar-refractivity contribution is 5.89. The van der Waals surface area contributed by atoms with E-state index in [1.54, 1.807) is 0 Å². The maximum Gasteiger partial charge on any atom is 0.241 e. The van der Waals surface area contributed by atoms with Crippen LogP contribution < -0.4 is 11.1 Å². The third kappa shape index (κ3) is 2.95. The first-order chi connectivity index (χ1) is 10.5. The molecule has 2 fully saturated rings. The summed E-state index contributed by atoms with van der Waals surface area (Å²) in [6.45, 7) is 0.637. The molecule has 0 radical (unpaired) electrons. The van der Waals surface area contributed by atoms with E-state index >= 15 is 0 Å². The highest BCUT2D eigenvalue weighted by atomic mass is 35.5. The summed E-state index contributed by atoms with van der Waals surface area (Å²) in [6, 6.07) is 8.34. The number of hydrogen-bond acceptors (Lipinski definition) is 3. The largest absolute Gasteiger partial charge is 0.349 e. The number of benzene rings is 1. The molecule has 3 aliphatic rings. The van der Waals surface area contributed by atoms with Crippen molar-refractivity contribution in [2.45, 2.75) is 49.7 Å². The number of amides is 2. The Morgan fingerprint density at radius 2 is 1.83 bits per heavy atom. The average Bonchev–Trinajstić information content (AvgIpc) is 3.16. The summed E-state index contributed by atoms with van der Waals surface area (Å²) in [6.07, 6.45) is 3.75. The number of likely N-dealkylation sites (tertiary alicyclic amines) is 1. The summed E-state index contributed by atoms with van der Waals surface area (Å²) in [5.41, 5.74) is 7.80. The van der Waals surface area contributed by atoms with Crippen molar-refractivity contribution < 1.29 is 9.59 Å². The molecular weight excluding hydrogens is 314 g/mol. The minimum absolute atomic E-state index is 0. The molecule has 4 rings (SSSR count). The first-order valence-electron chi connectivity index (χ1n) is 8.01. The zero-order valence-electron chi connectivity index (χ0n) is 13.0. The Bertz CT molecular complexity index is 619. The number of fused-ring (bicyclic) bond motifs is 1. The summed E-state index contributed by atoms with van der Waals surface area (Å²) >= 11 is 0. The Labute approximate surface area is 142 Å². The normalized spacial score (nSPS) is 25.0. The zero-order valence-corrected chi connectivity index (χ0v) is 13.8. The van der Waals surface area contributed by atoms with Crippen molar-refractivity contribution in [2.24, 2.45) is 5.73 Å². The molecule has 0 bridgehead atoms. The van der Waals surface area contributed by atoms with Gasteiger partial charge in [-0.25, -0.2) is 0 Å². The monoisotopic (exact) mass is 335 g/mol. The average molecular weight is 336 g/mol. The van der Waals surface area contributed by atoms with Crippen molar-refractivity contribution in [3.8, 4) is 0 Å². The second-order valence-electron chi connectivity index (χ2n) is 6.93. The van der Waals surface area contributed by atoms with Crippen molar-refractivity contribution >= 4 is 24.2 Å². The SMILES string of the molecule is Cl.NC1(C(=O)NC2CC(=O)N(C3CC3)C2)Cc2ccccc2C1. The van der Waals surface area contributed by atoms with Gasteiger partial charge >= 0.3 is 0 Å². The third-order valence-corrected chi connectivity index (χ3v) is 5.06. The van der Waals surface area contributed by atoms with Crippen molar-refractivity contribution in [1.82, 2.24) is 10.2 Å². The predicted octanol–water partition coefficient (Wildman–Crippen LogP) is 0.784. The minimum Gasteiger partial charge on any atom is -0.349 e. The van der Waals surface area contributed by atoms with Crippen LogP contribution in [0, 0.1) is 0 Å². The lowest BCUT2D eigenvalue weighted by Gasteiger charge is -2.25. The molecule has 3 N–H and O–H groups in total. The standard InChI is InChI=1S/C17H21N3O2.ClH/c18-17(8-11-3-1-2-4-12(11)9-17)16(22)19-13-7-15(21)20(10-13)14-5-6-14;/h1-4,13-14H,5-10,18H2,(H,19,22);1H. The van der Waals surface area contributed by atoms with E-state index in [4.69, 9.17) is 5.73 Å². The van der Waals surface area contributed by atoms with Gasteiger partial charge in [0.05, 0.1) is 6.04 Å². The molecule has 1 atom stereocenters. The van der Waals surface area contributed by atoms with Gasteiger partial charge in [-0.2, -0.15) is 0 Å². The summed E-state index contributed by atoms with van der Waals surface area (Å²) in [4.78, 5) is 26.5. The predicted molar refractivity (Wildman–Crippen MR) is 89.3 cm³/mol. The second-order valence-corrected chi connectivity index (χ2v) is 6.93. The molecule has 1 saturated carbocycles. The summed E-state index contributed by atoms with van der Waals surface area (Å²) in [5, 5.41) is 3.01. The van der Waals surface area contributed by atoms with E-state index in [1.165, 1.54) is 0 Å². The topological polar surface area (TPSA) is 75.4 Å². The number of nitrogens with two attached hydrogens (primary N) is 1. The molecule has 1 aromatic rings. The number of nitrogens with one attached hydrogen (secondary N) is 1. The third-order valence-electron chi connectivity index (χ3n) is 5.06. The molecule has 23 heavy (non-hydrogen) atoms. The molecule has 2 aliphatic carbocycles. The van der Waals surface area contributed by atoms with Crippen molar-refractivity contribution in [2.75, 3.05) is 6.54 Å². The van der Waals surface area contributed by atoms with Gasteiger partial charge in [-0.05, 0) is 36.8 Å². The fourth-order valence-electron chi connectivity index (χ4n) is 3.70. The molecule has 0 spiro atoms. The number of nitrogens with zero attached hydrogens (tertiary/aromatic N) is 1. The van der Waals surface area contributed by atoms with E-state index in [1.807, 2.05) is 29.2 Å². The van der Waals surface area contributed by atoms with Crippen LogP contribution in [0.3, 0.4) is 0 Å². The number of rotatable bonds is 3. The van der Waals surface area contributed by atoms with Crippen molar-refractivity contribution in [1.29, 1.82) is 0 Å². The molecule has 124 valence electrons. The summed E-state index contributed by atoms with van der Waals surface area (Å²) in [7, 11) is 0. The maximum atomic E-state index is 12.6. The highest BCUT2D eigenvalue weighted by Gasteiger charge is 2.44. The Morgan fingerprint density at radius 1 is 1.22 bits per heavy atom. The van der Waals surface area contributed by atoms with Crippen LogP contribution in [-0.4, -0.2) is 40.9 Å². The molecule has 1 saturated heterocycles. The lowest BCUT2D eigenvalue weighted by molar-refractivity contribution is -0.128. The Balaban J connectivity index is 0.00000156. The molecule has 1 aliphatic heterocycles. The van der Waals surface area contributed by atoms with Crippen molar-refractivity contribution in [3.05, 3.63) is 35.4 Å². The number of halogens is 1. The molecule has 2 amide bonds. The molecule has 6 heteroatoms. The van der Waals surface area contributed by atoms with Gasteiger partial charge in [-0.1, -0.05) is 24.3 Å². The van der Waals surface area contributed by atoms with Gasteiger partial charge in [-0.3, -0.25) is 9.59 Å². The lowest BCUT2D eigenvalue weighted by Crippen LogP contribution is -2.57. The van der Waals surface area contributed by atoms with Gasteiger partial charge in [0.15, 0.2) is 0 Å². The van der Waals surface area contributed by atoms with Crippen LogP contribution in [0.15, 0.2) is 24.3 Å². The van der Waals surface area contributed by atoms with E-state index in [2.05, 4.69) is 5.32 Å². The van der Waals surface area contributed by atoms with E-state index in [0.29, 0.717) is 31.8 Å².